The molecule has 0 amide bonds. The molecule has 0 saturated heterocycles. The van der Waals surface area contributed by atoms with Gasteiger partial charge in [-0.25, -0.2) is 4.98 Å². The van der Waals surface area contributed by atoms with Gasteiger partial charge in [0, 0.05) is 23.6 Å². The van der Waals surface area contributed by atoms with Crippen LogP contribution < -0.4 is 4.74 Å². The van der Waals surface area contributed by atoms with Crippen LogP contribution in [0.2, 0.25) is 0 Å². The summed E-state index contributed by atoms with van der Waals surface area (Å²) in [6.07, 6.45) is 1.03. The molecule has 5 nitrogen and oxygen atoms in total. The van der Waals surface area contributed by atoms with Crippen molar-refractivity contribution in [2.45, 2.75) is 26.8 Å². The van der Waals surface area contributed by atoms with Gasteiger partial charge in [-0.05, 0) is 43.7 Å². The van der Waals surface area contributed by atoms with Crippen molar-refractivity contribution in [1.82, 2.24) is 14.7 Å². The van der Waals surface area contributed by atoms with E-state index in [0.717, 1.165) is 57.8 Å². The minimum Gasteiger partial charge on any atom is -0.497 e. The van der Waals surface area contributed by atoms with Crippen LogP contribution in [0, 0.1) is 6.92 Å². The van der Waals surface area contributed by atoms with Gasteiger partial charge in [-0.1, -0.05) is 12.1 Å². The molecule has 2 aromatic heterocycles. The van der Waals surface area contributed by atoms with E-state index in [1.165, 1.54) is 0 Å². The second kappa shape index (κ2) is 5.67. The summed E-state index contributed by atoms with van der Waals surface area (Å²) >= 11 is 0. The van der Waals surface area contributed by atoms with Crippen LogP contribution in [0.15, 0.2) is 40.9 Å². The summed E-state index contributed by atoms with van der Waals surface area (Å²) in [5, 5.41) is 5.06. The summed E-state index contributed by atoms with van der Waals surface area (Å²) in [5.41, 5.74) is 4.83. The van der Waals surface area contributed by atoms with Crippen molar-refractivity contribution < 1.29 is 9.26 Å². The first-order chi connectivity index (χ1) is 11.7. The third kappa shape index (κ3) is 2.24. The lowest BCUT2D eigenvalue weighted by Crippen LogP contribution is -1.99. The third-order valence-corrected chi connectivity index (χ3v) is 4.31. The van der Waals surface area contributed by atoms with E-state index in [1.54, 1.807) is 7.11 Å². The van der Waals surface area contributed by atoms with Crippen molar-refractivity contribution in [1.29, 1.82) is 0 Å². The van der Waals surface area contributed by atoms with Gasteiger partial charge in [0.2, 0.25) is 0 Å². The van der Waals surface area contributed by atoms with Gasteiger partial charge in [0.05, 0.1) is 23.8 Å². The molecule has 0 atom stereocenters. The number of benzene rings is 2. The molecule has 0 N–H and O–H groups in total. The molecule has 2 aromatic carbocycles. The van der Waals surface area contributed by atoms with Crippen molar-refractivity contribution in [2.24, 2.45) is 0 Å². The van der Waals surface area contributed by atoms with Crippen LogP contribution in [0.5, 0.6) is 5.75 Å². The summed E-state index contributed by atoms with van der Waals surface area (Å²) in [7, 11) is 1.69. The summed E-state index contributed by atoms with van der Waals surface area (Å²) in [6, 6.07) is 12.1. The lowest BCUT2D eigenvalue weighted by molar-refractivity contribution is 0.415. The smallest absolute Gasteiger partial charge is 0.167 e. The maximum atomic E-state index is 5.37. The average molecular weight is 321 g/mol. The van der Waals surface area contributed by atoms with Crippen molar-refractivity contribution >= 4 is 22.0 Å². The Hall–Kier alpha value is -2.82. The fourth-order valence-corrected chi connectivity index (χ4v) is 3.10. The highest BCUT2D eigenvalue weighted by Gasteiger charge is 2.15. The monoisotopic (exact) mass is 321 g/mol. The summed E-state index contributed by atoms with van der Waals surface area (Å²) in [5.74, 6) is 1.80. The summed E-state index contributed by atoms with van der Waals surface area (Å²) < 4.78 is 12.9. The predicted octanol–water partition coefficient (Wildman–Crippen LogP) is 4.57. The molecule has 5 heteroatoms. The number of aryl methyl sites for hydroxylation is 2. The van der Waals surface area contributed by atoms with Gasteiger partial charge in [-0.15, -0.1) is 0 Å². The maximum Gasteiger partial charge on any atom is 0.167 e. The Morgan fingerprint density at radius 2 is 2.04 bits per heavy atom. The third-order valence-electron chi connectivity index (χ3n) is 4.31. The van der Waals surface area contributed by atoms with E-state index < -0.39 is 0 Å². The Balaban J connectivity index is 1.96. The maximum absolute atomic E-state index is 5.37. The number of hydrogen-bond acceptors (Lipinski definition) is 4. The molecular weight excluding hydrogens is 302 g/mol. The molecule has 0 spiro atoms. The zero-order chi connectivity index (χ0) is 16.7. The minimum absolute atomic E-state index is 0.802. The number of aromatic nitrogens is 3. The Kier molecular flexibility index (Phi) is 3.49. The zero-order valence-electron chi connectivity index (χ0n) is 14.0. The van der Waals surface area contributed by atoms with Gasteiger partial charge in [-0.2, -0.15) is 0 Å². The quantitative estimate of drug-likeness (QED) is 0.552. The van der Waals surface area contributed by atoms with Crippen LogP contribution in [0.3, 0.4) is 0 Å². The first kappa shape index (κ1) is 14.8. The van der Waals surface area contributed by atoms with Gasteiger partial charge in [0.25, 0.3) is 0 Å². The molecule has 0 aliphatic carbocycles. The second-order valence-corrected chi connectivity index (χ2v) is 5.92. The Morgan fingerprint density at radius 1 is 1.17 bits per heavy atom. The number of rotatable bonds is 4. The van der Waals surface area contributed by atoms with Crippen LogP contribution in [-0.2, 0) is 6.54 Å². The van der Waals surface area contributed by atoms with Crippen LogP contribution in [0.4, 0.5) is 0 Å². The highest BCUT2D eigenvalue weighted by Crippen LogP contribution is 2.30. The van der Waals surface area contributed by atoms with Gasteiger partial charge in [-0.3, -0.25) is 0 Å². The molecule has 0 unspecified atom stereocenters. The fraction of sp³-hybridized carbons (Fsp3) is 0.263. The molecule has 4 rings (SSSR count). The topological polar surface area (TPSA) is 53.1 Å². The summed E-state index contributed by atoms with van der Waals surface area (Å²) in [4.78, 5) is 4.85. The van der Waals surface area contributed by atoms with E-state index in [2.05, 4.69) is 22.7 Å². The van der Waals surface area contributed by atoms with Crippen LogP contribution in [-0.4, -0.2) is 21.8 Å². The van der Waals surface area contributed by atoms with E-state index in [9.17, 15) is 0 Å². The molecule has 0 aliphatic heterocycles. The molecule has 0 fully saturated rings. The SMILES string of the molecule is CCCn1c(-c2ccc3onc(C)c3c2)nc2ccc(OC)cc21. The van der Waals surface area contributed by atoms with Gasteiger partial charge in [0.15, 0.2) is 5.58 Å². The van der Waals surface area contributed by atoms with Crippen molar-refractivity contribution in [3.63, 3.8) is 0 Å². The number of hydrogen-bond donors (Lipinski definition) is 0. The first-order valence-corrected chi connectivity index (χ1v) is 8.12. The number of nitrogens with zero attached hydrogens (tertiary/aromatic N) is 3. The largest absolute Gasteiger partial charge is 0.497 e. The average Bonchev–Trinajstić information content (AvgIpc) is 3.16. The van der Waals surface area contributed by atoms with E-state index >= 15 is 0 Å². The lowest BCUT2D eigenvalue weighted by Gasteiger charge is -2.08. The Bertz CT molecular complexity index is 1030. The van der Waals surface area contributed by atoms with Crippen LogP contribution in [0.25, 0.3) is 33.4 Å². The number of ether oxygens (including phenoxy) is 1. The lowest BCUT2D eigenvalue weighted by atomic mass is 10.1. The number of fused-ring (bicyclic) bond motifs is 2. The van der Waals surface area contributed by atoms with Gasteiger partial charge in [0.1, 0.15) is 11.6 Å². The van der Waals surface area contributed by atoms with Crippen LogP contribution >= 0.6 is 0 Å². The van der Waals surface area contributed by atoms with Crippen LogP contribution in [0.1, 0.15) is 19.0 Å². The standard InChI is InChI=1S/C19H19N3O2/c1-4-9-22-17-11-14(23-3)6-7-16(17)20-19(22)13-5-8-18-15(10-13)12(2)21-24-18/h5-8,10-11H,4,9H2,1-3H3. The van der Waals surface area contributed by atoms with E-state index in [4.69, 9.17) is 14.2 Å². The van der Waals surface area contributed by atoms with Crippen molar-refractivity contribution in [2.75, 3.05) is 7.11 Å². The second-order valence-electron chi connectivity index (χ2n) is 5.92. The molecule has 122 valence electrons. The zero-order valence-corrected chi connectivity index (χ0v) is 14.0. The molecule has 0 saturated carbocycles. The number of imidazole rings is 1. The Morgan fingerprint density at radius 3 is 2.83 bits per heavy atom. The van der Waals surface area contributed by atoms with Gasteiger partial charge < -0.3 is 13.8 Å². The highest BCUT2D eigenvalue weighted by atomic mass is 16.5. The fourth-order valence-electron chi connectivity index (χ4n) is 3.10. The van der Waals surface area contributed by atoms with Crippen molar-refractivity contribution in [3.8, 4) is 17.1 Å². The van der Waals surface area contributed by atoms with E-state index in [-0.39, 0.29) is 0 Å². The molecular formula is C19H19N3O2. The molecule has 0 radical (unpaired) electrons. The number of methoxy groups -OCH3 is 1. The first-order valence-electron chi connectivity index (χ1n) is 8.12. The Labute approximate surface area is 139 Å². The van der Waals surface area contributed by atoms with E-state index in [1.807, 2.05) is 37.3 Å². The normalized spacial score (nSPS) is 11.5. The predicted molar refractivity (Wildman–Crippen MR) is 94.3 cm³/mol. The van der Waals surface area contributed by atoms with E-state index in [0.29, 0.717) is 0 Å². The summed E-state index contributed by atoms with van der Waals surface area (Å²) in [6.45, 7) is 5.03. The van der Waals surface area contributed by atoms with Gasteiger partial charge >= 0.3 is 0 Å². The minimum atomic E-state index is 0.802. The van der Waals surface area contributed by atoms with Crippen molar-refractivity contribution in [3.05, 3.63) is 42.1 Å². The molecule has 24 heavy (non-hydrogen) atoms. The molecule has 0 aliphatic rings. The highest BCUT2D eigenvalue weighted by molar-refractivity contribution is 5.87. The molecule has 4 aromatic rings. The molecule has 0 bridgehead atoms. The molecule has 2 heterocycles.